The highest BCUT2D eigenvalue weighted by Gasteiger charge is 2.16. The molecule has 4 rings (SSSR count). The summed E-state index contributed by atoms with van der Waals surface area (Å²) < 4.78 is 6.78. The number of thiazole rings is 1. The number of hydrogen-bond donors (Lipinski definition) is 1. The molecule has 6 nitrogen and oxygen atoms in total. The topological polar surface area (TPSA) is 82.8 Å². The third-order valence-electron chi connectivity index (χ3n) is 3.77. The molecule has 0 aliphatic heterocycles. The van der Waals surface area contributed by atoms with E-state index in [-0.39, 0.29) is 0 Å². The van der Waals surface area contributed by atoms with Gasteiger partial charge in [0.1, 0.15) is 10.8 Å². The maximum atomic E-state index is 6.24. The Morgan fingerprint density at radius 1 is 1.23 bits per heavy atom. The number of rotatable bonds is 5. The first kappa shape index (κ1) is 17.1. The molecule has 0 spiro atoms. The second-order valence-corrected chi connectivity index (χ2v) is 7.69. The Morgan fingerprint density at radius 2 is 2.08 bits per heavy atom. The fourth-order valence-electron chi connectivity index (χ4n) is 2.45. The third kappa shape index (κ3) is 3.23. The zero-order valence-electron chi connectivity index (χ0n) is 13.7. The molecule has 26 heavy (non-hydrogen) atoms. The minimum absolute atomic E-state index is 0.578. The van der Waals surface area contributed by atoms with E-state index in [1.165, 1.54) is 16.4 Å². The normalized spacial score (nSPS) is 11.2. The summed E-state index contributed by atoms with van der Waals surface area (Å²) in [5.41, 5.74) is 2.72. The average Bonchev–Trinajstić information content (AvgIpc) is 3.34. The molecule has 0 radical (unpaired) electrons. The lowest BCUT2D eigenvalue weighted by Crippen LogP contribution is -2.11. The number of nitrogens with zero attached hydrogens (tertiary/aromatic N) is 4. The SMILES string of the molecule is Cc1occc1-c1nnc(SCc2csc(-c3ccccc3Cl)n2)n1N. The predicted octanol–water partition coefficient (Wildman–Crippen LogP) is 4.63. The number of thioether (sulfide) groups is 1. The summed E-state index contributed by atoms with van der Waals surface area (Å²) in [5, 5.41) is 12.6. The van der Waals surface area contributed by atoms with Crippen LogP contribution in [0.2, 0.25) is 5.02 Å². The van der Waals surface area contributed by atoms with Gasteiger partial charge in [-0.05, 0) is 19.1 Å². The molecule has 2 N–H and O–H groups in total. The number of halogens is 1. The fourth-order valence-corrected chi connectivity index (χ4v) is 4.44. The Kier molecular flexibility index (Phi) is 4.71. The lowest BCUT2D eigenvalue weighted by Gasteiger charge is -2.02. The van der Waals surface area contributed by atoms with Crippen LogP contribution in [-0.2, 0) is 5.75 Å². The van der Waals surface area contributed by atoms with Crippen molar-refractivity contribution in [3.63, 3.8) is 0 Å². The van der Waals surface area contributed by atoms with Crippen LogP contribution in [0.15, 0.2) is 51.5 Å². The van der Waals surface area contributed by atoms with Gasteiger partial charge >= 0.3 is 0 Å². The molecule has 132 valence electrons. The molecule has 0 saturated carbocycles. The highest BCUT2D eigenvalue weighted by atomic mass is 35.5. The van der Waals surface area contributed by atoms with E-state index in [2.05, 4.69) is 15.2 Å². The highest BCUT2D eigenvalue weighted by molar-refractivity contribution is 7.98. The molecule has 0 amide bonds. The van der Waals surface area contributed by atoms with Crippen LogP contribution in [0.4, 0.5) is 0 Å². The molecule has 0 unspecified atom stereocenters. The fraction of sp³-hybridized carbons (Fsp3) is 0.118. The van der Waals surface area contributed by atoms with Crippen molar-refractivity contribution in [2.45, 2.75) is 17.8 Å². The molecule has 1 aromatic carbocycles. The minimum atomic E-state index is 0.578. The monoisotopic (exact) mass is 403 g/mol. The summed E-state index contributed by atoms with van der Waals surface area (Å²) in [6.45, 7) is 1.86. The molecule has 4 aromatic rings. The largest absolute Gasteiger partial charge is 0.469 e. The van der Waals surface area contributed by atoms with Crippen LogP contribution in [-0.4, -0.2) is 19.9 Å². The molecular formula is C17H14ClN5OS2. The lowest BCUT2D eigenvalue weighted by atomic mass is 10.2. The summed E-state index contributed by atoms with van der Waals surface area (Å²) in [6, 6.07) is 9.52. The van der Waals surface area contributed by atoms with Crippen molar-refractivity contribution in [3.05, 3.63) is 58.5 Å². The van der Waals surface area contributed by atoms with Gasteiger partial charge in [-0.3, -0.25) is 0 Å². The van der Waals surface area contributed by atoms with E-state index in [0.29, 0.717) is 21.8 Å². The van der Waals surface area contributed by atoms with E-state index in [0.717, 1.165) is 27.6 Å². The Morgan fingerprint density at radius 3 is 2.85 bits per heavy atom. The predicted molar refractivity (Wildman–Crippen MR) is 105 cm³/mol. The van der Waals surface area contributed by atoms with E-state index in [1.54, 1.807) is 17.6 Å². The molecule has 3 heterocycles. The number of nitrogen functional groups attached to an aromatic ring is 1. The van der Waals surface area contributed by atoms with E-state index in [4.69, 9.17) is 21.9 Å². The van der Waals surface area contributed by atoms with Crippen molar-refractivity contribution in [3.8, 4) is 22.0 Å². The Hall–Kier alpha value is -2.29. The van der Waals surface area contributed by atoms with E-state index in [1.807, 2.05) is 42.6 Å². The Labute approximate surface area is 163 Å². The van der Waals surface area contributed by atoms with Crippen LogP contribution >= 0.6 is 34.7 Å². The first-order valence-corrected chi connectivity index (χ1v) is 9.95. The summed E-state index contributed by atoms with van der Waals surface area (Å²) in [5.74, 6) is 8.11. The van der Waals surface area contributed by atoms with Gasteiger partial charge in [0.25, 0.3) is 0 Å². The number of aromatic nitrogens is 4. The van der Waals surface area contributed by atoms with Crippen molar-refractivity contribution in [1.82, 2.24) is 19.9 Å². The van der Waals surface area contributed by atoms with Crippen molar-refractivity contribution in [2.24, 2.45) is 0 Å². The zero-order chi connectivity index (χ0) is 18.1. The molecule has 0 fully saturated rings. The Balaban J connectivity index is 1.50. The maximum Gasteiger partial charge on any atom is 0.210 e. The quantitative estimate of drug-likeness (QED) is 0.386. The molecule has 0 saturated heterocycles. The van der Waals surface area contributed by atoms with E-state index >= 15 is 0 Å². The molecule has 0 aliphatic carbocycles. The van der Waals surface area contributed by atoms with Gasteiger partial charge in [-0.2, -0.15) is 0 Å². The summed E-state index contributed by atoms with van der Waals surface area (Å²) in [7, 11) is 0. The first-order valence-electron chi connectivity index (χ1n) is 7.70. The van der Waals surface area contributed by atoms with Crippen LogP contribution in [0.5, 0.6) is 0 Å². The molecule has 0 bridgehead atoms. The van der Waals surface area contributed by atoms with Crippen LogP contribution in [0.3, 0.4) is 0 Å². The summed E-state index contributed by atoms with van der Waals surface area (Å²) >= 11 is 9.29. The van der Waals surface area contributed by atoms with Crippen molar-refractivity contribution < 1.29 is 4.42 Å². The Bertz CT molecular complexity index is 1060. The standard InChI is InChI=1S/C17H14ClN5OS2/c1-10-12(6-7-24-10)15-21-22-17(23(15)19)26-9-11-8-25-16(20-11)13-4-2-3-5-14(13)18/h2-8H,9,19H2,1H3. The minimum Gasteiger partial charge on any atom is -0.469 e. The van der Waals surface area contributed by atoms with Crippen LogP contribution in [0.25, 0.3) is 22.0 Å². The molecular weight excluding hydrogens is 390 g/mol. The van der Waals surface area contributed by atoms with Gasteiger partial charge in [-0.15, -0.1) is 21.5 Å². The van der Waals surface area contributed by atoms with Crippen LogP contribution < -0.4 is 5.84 Å². The lowest BCUT2D eigenvalue weighted by molar-refractivity contribution is 0.535. The highest BCUT2D eigenvalue weighted by Crippen LogP contribution is 2.32. The molecule has 3 aromatic heterocycles. The van der Waals surface area contributed by atoms with Gasteiger partial charge in [-0.1, -0.05) is 41.6 Å². The van der Waals surface area contributed by atoms with Gasteiger partial charge in [0.2, 0.25) is 5.16 Å². The number of hydrogen-bond acceptors (Lipinski definition) is 7. The number of aryl methyl sites for hydroxylation is 1. The summed E-state index contributed by atoms with van der Waals surface area (Å²) in [6.07, 6.45) is 1.61. The van der Waals surface area contributed by atoms with Gasteiger partial charge < -0.3 is 10.3 Å². The van der Waals surface area contributed by atoms with Crippen LogP contribution in [0.1, 0.15) is 11.5 Å². The number of furan rings is 1. The van der Waals surface area contributed by atoms with Crippen molar-refractivity contribution in [1.29, 1.82) is 0 Å². The van der Waals surface area contributed by atoms with Gasteiger partial charge in [0.15, 0.2) is 5.82 Å². The van der Waals surface area contributed by atoms with Gasteiger partial charge in [0, 0.05) is 16.7 Å². The molecule has 0 aliphatic rings. The summed E-state index contributed by atoms with van der Waals surface area (Å²) in [4.78, 5) is 4.66. The zero-order valence-corrected chi connectivity index (χ0v) is 16.1. The third-order valence-corrected chi connectivity index (χ3v) is 6.00. The maximum absolute atomic E-state index is 6.24. The smallest absolute Gasteiger partial charge is 0.210 e. The van der Waals surface area contributed by atoms with Crippen molar-refractivity contribution >= 4 is 34.7 Å². The van der Waals surface area contributed by atoms with Gasteiger partial charge in [-0.25, -0.2) is 9.66 Å². The average molecular weight is 404 g/mol. The number of benzene rings is 1. The second kappa shape index (κ2) is 7.14. The second-order valence-electron chi connectivity index (χ2n) is 5.48. The van der Waals surface area contributed by atoms with Crippen LogP contribution in [0, 0.1) is 6.92 Å². The van der Waals surface area contributed by atoms with Crippen molar-refractivity contribution in [2.75, 3.05) is 5.84 Å². The molecule has 9 heteroatoms. The van der Waals surface area contributed by atoms with E-state index in [9.17, 15) is 0 Å². The van der Waals surface area contributed by atoms with E-state index < -0.39 is 0 Å². The number of nitrogens with two attached hydrogens (primary N) is 1. The first-order chi connectivity index (χ1) is 12.6. The van der Waals surface area contributed by atoms with Gasteiger partial charge in [0.05, 0.1) is 22.5 Å². The molecule has 0 atom stereocenters.